The number of hydrogen-bond acceptors (Lipinski definition) is 4. The second kappa shape index (κ2) is 5.07. The van der Waals surface area contributed by atoms with Gasteiger partial charge in [0.15, 0.2) is 5.78 Å². The second-order valence-corrected chi connectivity index (χ2v) is 6.67. The molecule has 0 radical (unpaired) electrons. The maximum absolute atomic E-state index is 11.7. The minimum atomic E-state index is -3.01. The minimum Gasteiger partial charge on any atom is -0.321 e. The zero-order valence-corrected chi connectivity index (χ0v) is 9.92. The summed E-state index contributed by atoms with van der Waals surface area (Å²) in [5, 5.41) is 0. The first kappa shape index (κ1) is 12.6. The molecule has 0 spiro atoms. The number of carbonyl (C=O) groups is 1. The summed E-state index contributed by atoms with van der Waals surface area (Å²) in [5.74, 6) is 0.141. The van der Waals surface area contributed by atoms with E-state index in [4.69, 9.17) is 5.73 Å². The van der Waals surface area contributed by atoms with E-state index in [1.54, 1.807) is 0 Å². The number of nitrogens with two attached hydrogens (primary N) is 1. The summed E-state index contributed by atoms with van der Waals surface area (Å²) >= 11 is 0. The molecule has 1 saturated carbocycles. The van der Waals surface area contributed by atoms with Crippen LogP contribution in [-0.2, 0) is 14.6 Å². The highest BCUT2D eigenvalue weighted by Crippen LogP contribution is 2.26. The van der Waals surface area contributed by atoms with Crippen molar-refractivity contribution < 1.29 is 13.2 Å². The van der Waals surface area contributed by atoms with Gasteiger partial charge in [0, 0.05) is 12.2 Å². The van der Waals surface area contributed by atoms with Crippen LogP contribution in [0.5, 0.6) is 0 Å². The van der Waals surface area contributed by atoms with Crippen LogP contribution in [-0.4, -0.2) is 32.3 Å². The molecule has 0 bridgehead atoms. The van der Waals surface area contributed by atoms with E-state index in [-0.39, 0.29) is 23.9 Å². The fourth-order valence-corrected chi connectivity index (χ4v) is 2.68. The van der Waals surface area contributed by atoms with Gasteiger partial charge in [-0.3, -0.25) is 4.79 Å². The van der Waals surface area contributed by atoms with Gasteiger partial charge in [-0.25, -0.2) is 8.42 Å². The van der Waals surface area contributed by atoms with Gasteiger partial charge in [0.2, 0.25) is 0 Å². The molecule has 5 heteroatoms. The van der Waals surface area contributed by atoms with E-state index < -0.39 is 15.9 Å². The lowest BCUT2D eigenvalue weighted by Crippen LogP contribution is -2.36. The predicted octanol–water partition coefficient (Wildman–Crippen LogP) is 0.508. The van der Waals surface area contributed by atoms with Crippen molar-refractivity contribution in [3.8, 4) is 0 Å². The monoisotopic (exact) mass is 233 g/mol. The van der Waals surface area contributed by atoms with Crippen LogP contribution >= 0.6 is 0 Å². The Morgan fingerprint density at radius 1 is 1.40 bits per heavy atom. The summed E-state index contributed by atoms with van der Waals surface area (Å²) in [6.07, 6.45) is 5.45. The number of sulfone groups is 1. The van der Waals surface area contributed by atoms with Crippen LogP contribution in [0, 0.1) is 5.92 Å². The molecule has 1 rings (SSSR count). The van der Waals surface area contributed by atoms with E-state index in [0.29, 0.717) is 0 Å². The number of rotatable bonds is 5. The molecule has 0 amide bonds. The molecule has 1 unspecified atom stereocenters. The molecular weight excluding hydrogens is 214 g/mol. The first-order valence-corrected chi connectivity index (χ1v) is 7.43. The Labute approximate surface area is 91.1 Å². The third kappa shape index (κ3) is 4.30. The minimum absolute atomic E-state index is 0.00657. The normalized spacial score (nSPS) is 20.4. The molecule has 0 aliphatic heterocycles. The lowest BCUT2D eigenvalue weighted by molar-refractivity contribution is -0.124. The van der Waals surface area contributed by atoms with Gasteiger partial charge in [-0.05, 0) is 19.3 Å². The average molecular weight is 233 g/mol. The number of Topliss-reactive ketones (excluding diaryl/α,β-unsaturated/α-hetero) is 1. The van der Waals surface area contributed by atoms with Crippen molar-refractivity contribution in [3.63, 3.8) is 0 Å². The fraction of sp³-hybridized carbons (Fsp3) is 0.900. The molecule has 1 fully saturated rings. The fourth-order valence-electron chi connectivity index (χ4n) is 2.00. The molecule has 2 N–H and O–H groups in total. The molecule has 1 aliphatic carbocycles. The zero-order valence-electron chi connectivity index (χ0n) is 9.11. The van der Waals surface area contributed by atoms with Gasteiger partial charge < -0.3 is 5.73 Å². The molecule has 0 heterocycles. The van der Waals surface area contributed by atoms with Crippen molar-refractivity contribution in [1.29, 1.82) is 0 Å². The lowest BCUT2D eigenvalue weighted by atomic mass is 9.96. The second-order valence-electron chi connectivity index (χ2n) is 4.41. The summed E-state index contributed by atoms with van der Waals surface area (Å²) in [4.78, 5) is 11.7. The van der Waals surface area contributed by atoms with Gasteiger partial charge in [-0.2, -0.15) is 0 Å². The predicted molar refractivity (Wildman–Crippen MR) is 59.3 cm³/mol. The largest absolute Gasteiger partial charge is 0.321 e. The Morgan fingerprint density at radius 2 is 1.93 bits per heavy atom. The molecule has 0 aromatic carbocycles. The SMILES string of the molecule is CS(=O)(=O)CCC(N)C(=O)C1CCCC1. The highest BCUT2D eigenvalue weighted by Gasteiger charge is 2.27. The van der Waals surface area contributed by atoms with Crippen molar-refractivity contribution in [3.05, 3.63) is 0 Å². The van der Waals surface area contributed by atoms with E-state index in [2.05, 4.69) is 0 Å². The van der Waals surface area contributed by atoms with Crippen molar-refractivity contribution >= 4 is 15.6 Å². The van der Waals surface area contributed by atoms with E-state index in [1.807, 2.05) is 0 Å². The van der Waals surface area contributed by atoms with Crippen LogP contribution in [0.25, 0.3) is 0 Å². The summed E-state index contributed by atoms with van der Waals surface area (Å²) in [7, 11) is -3.01. The molecule has 0 aromatic heterocycles. The molecule has 88 valence electrons. The van der Waals surface area contributed by atoms with Crippen LogP contribution in [0.4, 0.5) is 0 Å². The summed E-state index contributed by atoms with van der Waals surface area (Å²) < 4.78 is 21.8. The third-order valence-corrected chi connectivity index (χ3v) is 3.90. The summed E-state index contributed by atoms with van der Waals surface area (Å²) in [5.41, 5.74) is 5.69. The van der Waals surface area contributed by atoms with E-state index in [0.717, 1.165) is 25.7 Å². The smallest absolute Gasteiger partial charge is 0.152 e. The quantitative estimate of drug-likeness (QED) is 0.750. The first-order chi connectivity index (χ1) is 6.90. The van der Waals surface area contributed by atoms with Gasteiger partial charge in [0.05, 0.1) is 11.8 Å². The van der Waals surface area contributed by atoms with E-state index in [9.17, 15) is 13.2 Å². The summed E-state index contributed by atoms with van der Waals surface area (Å²) in [6, 6.07) is -0.595. The van der Waals surface area contributed by atoms with Crippen LogP contribution in [0.3, 0.4) is 0 Å². The van der Waals surface area contributed by atoms with Crippen molar-refractivity contribution in [2.24, 2.45) is 11.7 Å². The molecular formula is C10H19NO3S. The third-order valence-electron chi connectivity index (χ3n) is 2.92. The van der Waals surface area contributed by atoms with Gasteiger partial charge >= 0.3 is 0 Å². The Bertz CT molecular complexity index is 318. The van der Waals surface area contributed by atoms with Crippen molar-refractivity contribution in [2.75, 3.05) is 12.0 Å². The van der Waals surface area contributed by atoms with E-state index in [1.165, 1.54) is 6.26 Å². The molecule has 0 saturated heterocycles. The maximum atomic E-state index is 11.7. The van der Waals surface area contributed by atoms with Gasteiger partial charge in [0.1, 0.15) is 9.84 Å². The van der Waals surface area contributed by atoms with Gasteiger partial charge in [0.25, 0.3) is 0 Å². The molecule has 1 atom stereocenters. The van der Waals surface area contributed by atoms with Crippen molar-refractivity contribution in [2.45, 2.75) is 38.1 Å². The summed E-state index contributed by atoms with van der Waals surface area (Å²) in [6.45, 7) is 0. The lowest BCUT2D eigenvalue weighted by Gasteiger charge is -2.14. The molecule has 4 nitrogen and oxygen atoms in total. The highest BCUT2D eigenvalue weighted by atomic mass is 32.2. The van der Waals surface area contributed by atoms with Crippen molar-refractivity contribution in [1.82, 2.24) is 0 Å². The zero-order chi connectivity index (χ0) is 11.5. The first-order valence-electron chi connectivity index (χ1n) is 5.37. The van der Waals surface area contributed by atoms with Gasteiger partial charge in [-0.15, -0.1) is 0 Å². The van der Waals surface area contributed by atoms with E-state index >= 15 is 0 Å². The molecule has 0 aromatic rings. The van der Waals surface area contributed by atoms with Gasteiger partial charge in [-0.1, -0.05) is 12.8 Å². The van der Waals surface area contributed by atoms with Crippen LogP contribution in [0.2, 0.25) is 0 Å². The number of hydrogen-bond donors (Lipinski definition) is 1. The Hall–Kier alpha value is -0.420. The number of ketones is 1. The highest BCUT2D eigenvalue weighted by molar-refractivity contribution is 7.90. The van der Waals surface area contributed by atoms with Crippen LogP contribution in [0.1, 0.15) is 32.1 Å². The van der Waals surface area contributed by atoms with Crippen LogP contribution < -0.4 is 5.73 Å². The average Bonchev–Trinajstić information content (AvgIpc) is 2.64. The topological polar surface area (TPSA) is 77.2 Å². The maximum Gasteiger partial charge on any atom is 0.152 e. The Balaban J connectivity index is 2.39. The molecule has 1 aliphatic rings. The Morgan fingerprint density at radius 3 is 2.40 bits per heavy atom. The molecule has 15 heavy (non-hydrogen) atoms. The van der Waals surface area contributed by atoms with Crippen LogP contribution in [0.15, 0.2) is 0 Å². The Kier molecular flexibility index (Phi) is 4.28. The number of carbonyl (C=O) groups excluding carboxylic acids is 1. The standard InChI is InChI=1S/C10H19NO3S/c1-15(13,14)7-6-9(11)10(12)8-4-2-3-5-8/h8-9H,2-7,11H2,1H3.